The molecule has 0 spiro atoms. The van der Waals surface area contributed by atoms with Gasteiger partial charge in [0.15, 0.2) is 22.5 Å². The smallest absolute Gasteiger partial charge is 0.305 e. The molecule has 2 atom stereocenters. The summed E-state index contributed by atoms with van der Waals surface area (Å²) in [5.41, 5.74) is 5.84. The number of carboxylic acids is 1. The maximum absolute atomic E-state index is 12.4. The molecule has 8 rings (SSSR count). The summed E-state index contributed by atoms with van der Waals surface area (Å²) in [4.78, 5) is 67.9. The Balaban J connectivity index is 0.000000182. The molecule has 2 aromatic carbocycles. The first-order valence-electron chi connectivity index (χ1n) is 20.2. The molecule has 2 aliphatic rings. The summed E-state index contributed by atoms with van der Waals surface area (Å²) in [6.45, 7) is 1.74. The second-order valence-electron chi connectivity index (χ2n) is 14.1. The van der Waals surface area contributed by atoms with Crippen molar-refractivity contribution in [2.75, 3.05) is 40.5 Å². The molecule has 2 saturated heterocycles. The van der Waals surface area contributed by atoms with Crippen LogP contribution in [0.15, 0.2) is 73.3 Å². The predicted molar refractivity (Wildman–Crippen MR) is 233 cm³/mol. The molecular weight excluding hydrogens is 857 g/mol. The molecule has 3 amide bonds. The highest BCUT2D eigenvalue weighted by molar-refractivity contribution is 7.19. The first-order chi connectivity index (χ1) is 30.6. The molecule has 0 aliphatic carbocycles. The van der Waals surface area contributed by atoms with Crippen molar-refractivity contribution in [3.05, 3.63) is 83.1 Å². The fourth-order valence-electron chi connectivity index (χ4n) is 6.20. The van der Waals surface area contributed by atoms with E-state index in [1.807, 2.05) is 65.3 Å². The normalized spacial score (nSPS) is 15.9. The number of aliphatic carboxylic acids is 1. The Morgan fingerprint density at radius 2 is 1.25 bits per heavy atom. The number of benzene rings is 2. The van der Waals surface area contributed by atoms with Crippen LogP contribution in [0, 0.1) is 0 Å². The number of nitrogens with zero attached hydrogens (tertiary/aromatic N) is 4. The van der Waals surface area contributed by atoms with E-state index in [1.165, 1.54) is 29.1 Å². The van der Waals surface area contributed by atoms with E-state index >= 15 is 0 Å². The maximum Gasteiger partial charge on any atom is 0.305 e. The van der Waals surface area contributed by atoms with Gasteiger partial charge in [0.1, 0.15) is 21.3 Å². The van der Waals surface area contributed by atoms with Crippen LogP contribution in [0.2, 0.25) is 0 Å². The van der Waals surface area contributed by atoms with E-state index in [2.05, 4.69) is 30.9 Å². The number of hydrogen-bond donors (Lipinski definition) is 5. The minimum atomic E-state index is -0.945. The minimum Gasteiger partial charge on any atom is -0.497 e. The Bertz CT molecular complexity index is 2370. The zero-order valence-electron chi connectivity index (χ0n) is 34.8. The average Bonchev–Trinajstić information content (AvgIpc) is 4.11. The number of aromatic nitrogens is 4. The number of thiazole rings is 2. The van der Waals surface area contributed by atoms with Gasteiger partial charge in [-0.3, -0.25) is 32.8 Å². The van der Waals surface area contributed by atoms with E-state index in [-0.39, 0.29) is 49.9 Å². The lowest BCUT2D eigenvalue weighted by Crippen LogP contribution is -2.35. The molecule has 0 radical (unpaired) electrons. The molecule has 19 nitrogen and oxygen atoms in total. The largest absolute Gasteiger partial charge is 0.497 e. The van der Waals surface area contributed by atoms with E-state index in [4.69, 9.17) is 34.8 Å². The number of hydrogen-bond acceptors (Lipinski definition) is 15. The number of hydroxylamine groups is 1. The van der Waals surface area contributed by atoms with Crippen molar-refractivity contribution < 1.29 is 52.9 Å². The topological polar surface area (TPSA) is 241 Å². The standard InChI is InChI=1S/C21H24N4O5S.C16H15N3O4S.C5H11NO2/c1-28-15-6-4-5-14(11-15)16-12-25-13-17(31-21(25)23-16)20(27)22-9-8-18(26)24-30-19-7-2-3-10-29-19;1-23-11-4-2-3-10(7-11)12-8-19-9-13(24-16(19)18-12)15(22)17-6-5-14(20)21;6-8-5-3-1-2-4-7-5/h4-6,11-13,19H,2-3,7-10H2,1H3,(H,22,27)(H,24,26);2-4,7-9H,5-6H2,1H3,(H,17,22)(H,20,21);5H,1-4,6H2. The number of methoxy groups -OCH3 is 2. The van der Waals surface area contributed by atoms with Crippen LogP contribution < -0.4 is 31.5 Å². The van der Waals surface area contributed by atoms with E-state index < -0.39 is 12.3 Å². The van der Waals surface area contributed by atoms with Crippen molar-refractivity contribution in [2.45, 2.75) is 63.9 Å². The van der Waals surface area contributed by atoms with E-state index in [9.17, 15) is 19.2 Å². The minimum absolute atomic E-state index is 0.101. The van der Waals surface area contributed by atoms with Gasteiger partial charge in [-0.2, -0.15) is 0 Å². The first kappa shape index (κ1) is 46.6. The molecule has 4 aromatic heterocycles. The van der Waals surface area contributed by atoms with Crippen LogP contribution in [0.4, 0.5) is 0 Å². The number of carboxylic acid groups (broad SMARTS) is 1. The lowest BCUT2D eigenvalue weighted by Gasteiger charge is -2.22. The zero-order valence-corrected chi connectivity index (χ0v) is 36.4. The van der Waals surface area contributed by atoms with Gasteiger partial charge in [-0.1, -0.05) is 46.9 Å². The summed E-state index contributed by atoms with van der Waals surface area (Å²) in [5.74, 6) is 4.59. The van der Waals surface area contributed by atoms with Crippen molar-refractivity contribution >= 4 is 56.3 Å². The number of carbonyl (C=O) groups is 4. The van der Waals surface area contributed by atoms with Gasteiger partial charge < -0.3 is 34.7 Å². The Morgan fingerprint density at radius 1 is 0.746 bits per heavy atom. The van der Waals surface area contributed by atoms with E-state index in [0.29, 0.717) is 26.3 Å². The molecule has 6 heterocycles. The van der Waals surface area contributed by atoms with Crippen molar-refractivity contribution in [1.29, 1.82) is 0 Å². The lowest BCUT2D eigenvalue weighted by molar-refractivity contribution is -0.200. The Labute approximate surface area is 370 Å². The average molecular weight is 907 g/mol. The summed E-state index contributed by atoms with van der Waals surface area (Å²) in [6, 6.07) is 15.2. The molecular formula is C42H50N8O11S2. The number of amides is 3. The molecule has 2 unspecified atom stereocenters. The van der Waals surface area contributed by atoms with Gasteiger partial charge >= 0.3 is 5.97 Å². The van der Waals surface area contributed by atoms with E-state index in [0.717, 1.165) is 72.7 Å². The second kappa shape index (κ2) is 23.5. The highest BCUT2D eigenvalue weighted by Crippen LogP contribution is 2.28. The van der Waals surface area contributed by atoms with Crippen LogP contribution in [0.25, 0.3) is 32.4 Å². The summed E-state index contributed by atoms with van der Waals surface area (Å²) >= 11 is 2.54. The molecule has 0 bridgehead atoms. The molecule has 2 aliphatic heterocycles. The van der Waals surface area contributed by atoms with Gasteiger partial charge in [-0.05, 0) is 49.9 Å². The molecule has 6 aromatic rings. The molecule has 0 saturated carbocycles. The quantitative estimate of drug-likeness (QED) is 0.0807. The van der Waals surface area contributed by atoms with Gasteiger partial charge in [0, 0.05) is 81.5 Å². The van der Waals surface area contributed by atoms with Crippen molar-refractivity contribution in [3.8, 4) is 34.0 Å². The number of fused-ring (bicyclic) bond motifs is 2. The lowest BCUT2D eigenvalue weighted by atomic mass is 10.1. The maximum atomic E-state index is 12.4. The SMILES string of the molecule is COc1cccc(-c2cn3cc(C(=O)NCCC(=O)NOC4CCCCO4)sc3n2)c1.COc1cccc(-c2cn3cc(C(=O)NCCC(=O)O)sc3n2)c1.NOC1CCCCO1. The van der Waals surface area contributed by atoms with Crippen LogP contribution in [-0.2, 0) is 28.7 Å². The monoisotopic (exact) mass is 906 g/mol. The molecule has 336 valence electrons. The summed E-state index contributed by atoms with van der Waals surface area (Å²) < 4.78 is 24.5. The zero-order chi connectivity index (χ0) is 44.6. The van der Waals surface area contributed by atoms with Gasteiger partial charge in [0.25, 0.3) is 11.8 Å². The van der Waals surface area contributed by atoms with Gasteiger partial charge in [-0.15, -0.1) is 0 Å². The van der Waals surface area contributed by atoms with Crippen molar-refractivity contribution in [3.63, 3.8) is 0 Å². The number of nitrogens with one attached hydrogen (secondary N) is 3. The van der Waals surface area contributed by atoms with Crippen LogP contribution >= 0.6 is 22.7 Å². The number of imidazole rings is 2. The number of carbonyl (C=O) groups excluding carboxylic acids is 3. The third-order valence-corrected chi connectivity index (χ3v) is 11.5. The molecule has 2 fully saturated rings. The third kappa shape index (κ3) is 13.8. The second-order valence-corrected chi connectivity index (χ2v) is 16.1. The summed E-state index contributed by atoms with van der Waals surface area (Å²) in [5, 5.41) is 13.9. The van der Waals surface area contributed by atoms with Gasteiger partial charge in [0.2, 0.25) is 5.91 Å². The highest BCUT2D eigenvalue weighted by atomic mass is 32.1. The number of ether oxygens (including phenoxy) is 4. The van der Waals surface area contributed by atoms with Gasteiger partial charge in [0.05, 0.1) is 32.0 Å². The van der Waals surface area contributed by atoms with Crippen molar-refractivity contribution in [1.82, 2.24) is 34.9 Å². The first-order valence-corrected chi connectivity index (χ1v) is 21.8. The fraction of sp³-hybridized carbons (Fsp3) is 0.381. The van der Waals surface area contributed by atoms with Crippen LogP contribution in [0.1, 0.15) is 70.7 Å². The number of rotatable bonds is 15. The Kier molecular flexibility index (Phi) is 17.4. The third-order valence-electron chi connectivity index (χ3n) is 9.48. The summed E-state index contributed by atoms with van der Waals surface area (Å²) in [7, 11) is 3.23. The Morgan fingerprint density at radius 3 is 1.68 bits per heavy atom. The highest BCUT2D eigenvalue weighted by Gasteiger charge is 2.18. The molecule has 21 heteroatoms. The predicted octanol–water partition coefficient (Wildman–Crippen LogP) is 5.44. The Hall–Kier alpha value is -5.94. The van der Waals surface area contributed by atoms with Gasteiger partial charge in [-0.25, -0.2) is 26.2 Å². The summed E-state index contributed by atoms with van der Waals surface area (Å²) in [6.07, 6.45) is 12.6. The van der Waals surface area contributed by atoms with Crippen LogP contribution in [-0.4, -0.2) is 101 Å². The van der Waals surface area contributed by atoms with E-state index in [1.54, 1.807) is 31.0 Å². The van der Waals surface area contributed by atoms with Crippen LogP contribution in [0.3, 0.4) is 0 Å². The molecule has 6 N–H and O–H groups in total. The van der Waals surface area contributed by atoms with Crippen molar-refractivity contribution in [2.24, 2.45) is 5.90 Å². The molecule has 63 heavy (non-hydrogen) atoms. The van der Waals surface area contributed by atoms with Crippen LogP contribution in [0.5, 0.6) is 11.5 Å². The number of nitrogens with two attached hydrogens (primary N) is 1. The fourth-order valence-corrected chi connectivity index (χ4v) is 7.96.